The third-order valence-electron chi connectivity index (χ3n) is 2.96. The quantitative estimate of drug-likeness (QED) is 0.739. The minimum Gasteiger partial charge on any atom is -0.456 e. The number of urea groups is 1. The summed E-state index contributed by atoms with van der Waals surface area (Å²) in [5.74, 6) is -0.712. The average molecular weight is 367 g/mol. The first-order chi connectivity index (χ1) is 12.0. The first kappa shape index (κ1) is 18.4. The van der Waals surface area contributed by atoms with Gasteiger partial charge in [-0.25, -0.2) is 4.79 Å². The lowest BCUT2D eigenvalue weighted by Gasteiger charge is -2.04. The van der Waals surface area contributed by atoms with E-state index < -0.39 is 24.5 Å². The van der Waals surface area contributed by atoms with Crippen molar-refractivity contribution in [2.24, 2.45) is 0 Å². The van der Waals surface area contributed by atoms with Crippen molar-refractivity contribution in [3.63, 3.8) is 0 Å². The molecule has 132 valence electrons. The molecule has 2 rings (SSSR count). The van der Waals surface area contributed by atoms with Gasteiger partial charge in [0.05, 0.1) is 6.42 Å². The van der Waals surface area contributed by atoms with E-state index in [-0.39, 0.29) is 18.7 Å². The summed E-state index contributed by atoms with van der Waals surface area (Å²) >= 11 is 5.81. The van der Waals surface area contributed by atoms with E-state index in [9.17, 15) is 14.4 Å². The standard InChI is InChI=1S/C15H15ClN4O5/c1-17-15(23)18-11(21)8-24-13(22)7-6-12-19-14(20-25-12)9-2-4-10(16)5-3-9/h2-5H,6-8H2,1H3,(H2,17,18,21,23). The minimum atomic E-state index is -0.726. The number of aryl methyl sites for hydroxylation is 1. The summed E-state index contributed by atoms with van der Waals surface area (Å²) < 4.78 is 9.80. The Bertz CT molecular complexity index is 760. The second kappa shape index (κ2) is 8.78. The third kappa shape index (κ3) is 5.88. The van der Waals surface area contributed by atoms with E-state index in [0.29, 0.717) is 10.8 Å². The highest BCUT2D eigenvalue weighted by Gasteiger charge is 2.13. The van der Waals surface area contributed by atoms with Crippen molar-refractivity contribution in [1.82, 2.24) is 20.8 Å². The summed E-state index contributed by atoms with van der Waals surface area (Å²) in [6.07, 6.45) is 0.117. The maximum Gasteiger partial charge on any atom is 0.321 e. The van der Waals surface area contributed by atoms with Gasteiger partial charge in [0.2, 0.25) is 11.7 Å². The van der Waals surface area contributed by atoms with Gasteiger partial charge in [0.15, 0.2) is 6.61 Å². The zero-order valence-electron chi connectivity index (χ0n) is 13.2. The maximum absolute atomic E-state index is 11.6. The van der Waals surface area contributed by atoms with Gasteiger partial charge in [0, 0.05) is 24.1 Å². The van der Waals surface area contributed by atoms with Crippen molar-refractivity contribution < 1.29 is 23.6 Å². The van der Waals surface area contributed by atoms with Crippen LogP contribution in [0.4, 0.5) is 4.79 Å². The number of benzene rings is 1. The van der Waals surface area contributed by atoms with Crippen LogP contribution in [0.2, 0.25) is 5.02 Å². The van der Waals surface area contributed by atoms with Crippen LogP contribution in [0.3, 0.4) is 0 Å². The number of ether oxygens (including phenoxy) is 1. The Balaban J connectivity index is 1.78. The van der Waals surface area contributed by atoms with E-state index >= 15 is 0 Å². The Kier molecular flexibility index (Phi) is 6.47. The Morgan fingerprint density at radius 1 is 1.24 bits per heavy atom. The zero-order valence-corrected chi connectivity index (χ0v) is 14.0. The molecule has 10 heteroatoms. The second-order valence-corrected chi connectivity index (χ2v) is 5.24. The van der Waals surface area contributed by atoms with E-state index in [1.165, 1.54) is 7.05 Å². The van der Waals surface area contributed by atoms with Gasteiger partial charge in [-0.15, -0.1) is 0 Å². The molecule has 0 unspecified atom stereocenters. The molecule has 0 atom stereocenters. The van der Waals surface area contributed by atoms with Gasteiger partial charge >= 0.3 is 12.0 Å². The van der Waals surface area contributed by atoms with Crippen molar-refractivity contribution >= 4 is 29.5 Å². The number of nitrogens with zero attached hydrogens (tertiary/aromatic N) is 2. The minimum absolute atomic E-state index is 0.0461. The first-order valence-electron chi connectivity index (χ1n) is 7.23. The van der Waals surface area contributed by atoms with Crippen LogP contribution in [0, 0.1) is 0 Å². The molecule has 3 amide bonds. The second-order valence-electron chi connectivity index (χ2n) is 4.81. The summed E-state index contributed by atoms with van der Waals surface area (Å²) in [6.45, 7) is -0.549. The number of aromatic nitrogens is 2. The number of nitrogens with one attached hydrogen (secondary N) is 2. The molecule has 2 aromatic rings. The lowest BCUT2D eigenvalue weighted by atomic mass is 10.2. The summed E-state index contributed by atoms with van der Waals surface area (Å²) in [5.41, 5.74) is 0.729. The molecule has 0 saturated heterocycles. The fourth-order valence-corrected chi connectivity index (χ4v) is 1.85. The number of hydrogen-bond donors (Lipinski definition) is 2. The molecule has 1 heterocycles. The highest BCUT2D eigenvalue weighted by atomic mass is 35.5. The number of carbonyl (C=O) groups is 3. The molecule has 0 saturated carbocycles. The molecule has 1 aromatic carbocycles. The Morgan fingerprint density at radius 2 is 1.96 bits per heavy atom. The van der Waals surface area contributed by atoms with Gasteiger partial charge in [-0.2, -0.15) is 4.98 Å². The largest absolute Gasteiger partial charge is 0.456 e. The van der Waals surface area contributed by atoms with Crippen molar-refractivity contribution in [1.29, 1.82) is 0 Å². The van der Waals surface area contributed by atoms with Crippen molar-refractivity contribution in [3.8, 4) is 11.4 Å². The summed E-state index contributed by atoms with van der Waals surface area (Å²) in [4.78, 5) is 37.9. The van der Waals surface area contributed by atoms with Crippen LogP contribution in [0.15, 0.2) is 28.8 Å². The number of rotatable bonds is 6. The molecular formula is C15H15ClN4O5. The fraction of sp³-hybridized carbons (Fsp3) is 0.267. The highest BCUT2D eigenvalue weighted by molar-refractivity contribution is 6.30. The molecule has 25 heavy (non-hydrogen) atoms. The highest BCUT2D eigenvalue weighted by Crippen LogP contribution is 2.18. The van der Waals surface area contributed by atoms with Crippen LogP contribution < -0.4 is 10.6 Å². The van der Waals surface area contributed by atoms with Gasteiger partial charge in [0.25, 0.3) is 5.91 Å². The average Bonchev–Trinajstić information content (AvgIpc) is 3.07. The van der Waals surface area contributed by atoms with Crippen LogP contribution in [0.1, 0.15) is 12.3 Å². The smallest absolute Gasteiger partial charge is 0.321 e. The fourth-order valence-electron chi connectivity index (χ4n) is 1.73. The molecule has 0 aliphatic heterocycles. The number of esters is 1. The SMILES string of the molecule is CNC(=O)NC(=O)COC(=O)CCc1nc(-c2ccc(Cl)cc2)no1. The van der Waals surface area contributed by atoms with E-state index in [1.807, 2.05) is 5.32 Å². The number of imide groups is 1. The van der Waals surface area contributed by atoms with E-state index in [1.54, 1.807) is 24.3 Å². The zero-order chi connectivity index (χ0) is 18.2. The van der Waals surface area contributed by atoms with Crippen molar-refractivity contribution in [2.75, 3.05) is 13.7 Å². The Hall–Kier alpha value is -2.94. The van der Waals surface area contributed by atoms with Gasteiger partial charge in [0.1, 0.15) is 0 Å². The normalized spacial score (nSPS) is 10.2. The van der Waals surface area contributed by atoms with Crippen LogP contribution in [-0.4, -0.2) is 41.7 Å². The number of amides is 3. The summed E-state index contributed by atoms with van der Waals surface area (Å²) in [6, 6.07) is 6.22. The van der Waals surface area contributed by atoms with Gasteiger partial charge in [-0.3, -0.25) is 14.9 Å². The van der Waals surface area contributed by atoms with Gasteiger partial charge in [-0.05, 0) is 24.3 Å². The van der Waals surface area contributed by atoms with Gasteiger partial charge < -0.3 is 14.6 Å². The van der Waals surface area contributed by atoms with Crippen molar-refractivity contribution in [3.05, 3.63) is 35.2 Å². The van der Waals surface area contributed by atoms with Crippen LogP contribution in [0.5, 0.6) is 0 Å². The predicted molar refractivity (Wildman–Crippen MR) is 86.6 cm³/mol. The molecule has 0 aliphatic rings. The lowest BCUT2D eigenvalue weighted by Crippen LogP contribution is -2.39. The first-order valence-corrected chi connectivity index (χ1v) is 7.61. The molecule has 0 spiro atoms. The Labute approximate surface area is 147 Å². The third-order valence-corrected chi connectivity index (χ3v) is 3.21. The number of halogens is 1. The summed E-state index contributed by atoms with van der Waals surface area (Å²) in [5, 5.41) is 8.58. The van der Waals surface area contributed by atoms with Gasteiger partial charge in [-0.1, -0.05) is 16.8 Å². The molecule has 0 fully saturated rings. The molecule has 0 aliphatic carbocycles. The Morgan fingerprint density at radius 3 is 2.64 bits per heavy atom. The molecule has 0 radical (unpaired) electrons. The van der Waals surface area contributed by atoms with Crippen molar-refractivity contribution in [2.45, 2.75) is 12.8 Å². The number of carbonyl (C=O) groups excluding carboxylic acids is 3. The maximum atomic E-state index is 11.6. The topological polar surface area (TPSA) is 123 Å². The molecule has 9 nitrogen and oxygen atoms in total. The molecular weight excluding hydrogens is 352 g/mol. The predicted octanol–water partition coefficient (Wildman–Crippen LogP) is 1.32. The monoisotopic (exact) mass is 366 g/mol. The van der Waals surface area contributed by atoms with E-state index in [4.69, 9.17) is 20.9 Å². The molecule has 2 N–H and O–H groups in total. The van der Waals surface area contributed by atoms with E-state index in [2.05, 4.69) is 15.5 Å². The molecule has 0 bridgehead atoms. The van der Waals surface area contributed by atoms with Crippen LogP contribution in [-0.2, 0) is 20.7 Å². The lowest BCUT2D eigenvalue weighted by molar-refractivity contribution is -0.148. The van der Waals surface area contributed by atoms with E-state index in [0.717, 1.165) is 5.56 Å². The van der Waals surface area contributed by atoms with Crippen LogP contribution in [0.25, 0.3) is 11.4 Å². The van der Waals surface area contributed by atoms with Crippen LogP contribution >= 0.6 is 11.6 Å². The summed E-state index contributed by atoms with van der Waals surface area (Å²) in [7, 11) is 1.36. The molecule has 1 aromatic heterocycles. The number of hydrogen-bond acceptors (Lipinski definition) is 7.